The molecule has 1 saturated heterocycles. The molecule has 0 spiro atoms. The average Bonchev–Trinajstić information content (AvgIpc) is 2.54. The first kappa shape index (κ1) is 18.4. The number of hydrogen-bond acceptors (Lipinski definition) is 5. The monoisotopic (exact) mass is 334 g/mol. The van der Waals surface area contributed by atoms with E-state index in [9.17, 15) is 14.7 Å². The maximum Gasteiger partial charge on any atom is 0.236 e. The number of primary amides is 1. The molecule has 2 rings (SSSR count). The number of nitrogens with zero attached hydrogens (tertiary/aromatic N) is 3. The minimum absolute atomic E-state index is 0.0152. The van der Waals surface area contributed by atoms with Crippen LogP contribution in [0.2, 0.25) is 0 Å². The molecule has 24 heavy (non-hydrogen) atoms. The maximum atomic E-state index is 12.5. The van der Waals surface area contributed by atoms with Crippen molar-refractivity contribution in [2.24, 2.45) is 5.73 Å². The van der Waals surface area contributed by atoms with Crippen LogP contribution in [-0.4, -0.2) is 64.0 Å². The Morgan fingerprint density at radius 1 is 1.50 bits per heavy atom. The lowest BCUT2D eigenvalue weighted by Gasteiger charge is -2.39. The number of amides is 2. The number of likely N-dealkylation sites (N-methyl/N-ethyl adjacent to an activating group) is 1. The van der Waals surface area contributed by atoms with E-state index in [-0.39, 0.29) is 25.4 Å². The molecule has 3 N–H and O–H groups in total. The Morgan fingerprint density at radius 3 is 2.96 bits per heavy atom. The standard InChI is InChI=1S/C17H26N4O3/c1-20(11-14-4-2-8-19-10-14)12-16(23)21-9-3-6-17(24,13-21)7-5-15(18)22/h2,4,8,10,24H,3,5-7,9,11-13H2,1H3,(H2,18,22)/t17-/m1/s1. The van der Waals surface area contributed by atoms with Gasteiger partial charge in [0.2, 0.25) is 11.8 Å². The molecule has 1 aliphatic rings. The van der Waals surface area contributed by atoms with Crippen molar-refractivity contribution < 1.29 is 14.7 Å². The molecule has 0 unspecified atom stereocenters. The Balaban J connectivity index is 1.86. The van der Waals surface area contributed by atoms with E-state index < -0.39 is 11.5 Å². The lowest BCUT2D eigenvalue weighted by atomic mass is 9.88. The number of aliphatic hydroxyl groups is 1. The molecule has 1 atom stereocenters. The van der Waals surface area contributed by atoms with E-state index in [1.54, 1.807) is 17.3 Å². The van der Waals surface area contributed by atoms with Gasteiger partial charge in [-0.05, 0) is 37.9 Å². The van der Waals surface area contributed by atoms with E-state index in [4.69, 9.17) is 5.73 Å². The average molecular weight is 334 g/mol. The topological polar surface area (TPSA) is 99.8 Å². The van der Waals surface area contributed by atoms with Crippen molar-refractivity contribution in [3.63, 3.8) is 0 Å². The quantitative estimate of drug-likeness (QED) is 0.738. The summed E-state index contributed by atoms with van der Waals surface area (Å²) in [4.78, 5) is 31.1. The molecular formula is C17H26N4O3. The van der Waals surface area contributed by atoms with Gasteiger partial charge in [0.25, 0.3) is 0 Å². The fraction of sp³-hybridized carbons (Fsp3) is 0.588. The number of likely N-dealkylation sites (tertiary alicyclic amines) is 1. The molecule has 7 heteroatoms. The number of pyridine rings is 1. The first-order valence-corrected chi connectivity index (χ1v) is 8.24. The van der Waals surface area contributed by atoms with Gasteiger partial charge in [0, 0.05) is 38.4 Å². The zero-order chi connectivity index (χ0) is 17.6. The van der Waals surface area contributed by atoms with Gasteiger partial charge in [0.1, 0.15) is 0 Å². The van der Waals surface area contributed by atoms with E-state index in [0.29, 0.717) is 25.9 Å². The van der Waals surface area contributed by atoms with Gasteiger partial charge in [-0.25, -0.2) is 0 Å². The molecule has 0 saturated carbocycles. The summed E-state index contributed by atoms with van der Waals surface area (Å²) < 4.78 is 0. The van der Waals surface area contributed by atoms with Crippen LogP contribution in [0.15, 0.2) is 24.5 Å². The molecule has 132 valence electrons. The number of hydrogen-bond donors (Lipinski definition) is 2. The maximum absolute atomic E-state index is 12.5. The van der Waals surface area contributed by atoms with Gasteiger partial charge in [0.15, 0.2) is 0 Å². The molecule has 2 amide bonds. The van der Waals surface area contributed by atoms with E-state index in [1.807, 2.05) is 24.1 Å². The van der Waals surface area contributed by atoms with Crippen molar-refractivity contribution in [3.8, 4) is 0 Å². The van der Waals surface area contributed by atoms with Gasteiger partial charge >= 0.3 is 0 Å². The Morgan fingerprint density at radius 2 is 2.29 bits per heavy atom. The molecule has 0 bridgehead atoms. The number of aromatic nitrogens is 1. The molecule has 1 fully saturated rings. The van der Waals surface area contributed by atoms with E-state index in [2.05, 4.69) is 4.98 Å². The van der Waals surface area contributed by atoms with Crippen LogP contribution in [0.3, 0.4) is 0 Å². The van der Waals surface area contributed by atoms with Crippen LogP contribution in [0.4, 0.5) is 0 Å². The summed E-state index contributed by atoms with van der Waals surface area (Å²) in [6.45, 7) is 1.82. The summed E-state index contributed by atoms with van der Waals surface area (Å²) >= 11 is 0. The molecule has 1 aromatic heterocycles. The second-order valence-electron chi connectivity index (χ2n) is 6.64. The number of rotatable bonds is 7. The predicted octanol–water partition coefficient (Wildman–Crippen LogP) is 0.132. The highest BCUT2D eigenvalue weighted by Gasteiger charge is 2.35. The minimum Gasteiger partial charge on any atom is -0.388 e. The zero-order valence-corrected chi connectivity index (χ0v) is 14.1. The zero-order valence-electron chi connectivity index (χ0n) is 14.1. The van der Waals surface area contributed by atoms with Crippen LogP contribution >= 0.6 is 0 Å². The van der Waals surface area contributed by atoms with Crippen molar-refractivity contribution in [1.82, 2.24) is 14.8 Å². The van der Waals surface area contributed by atoms with Crippen LogP contribution in [0, 0.1) is 0 Å². The molecule has 1 aliphatic heterocycles. The lowest BCUT2D eigenvalue weighted by Crippen LogP contribution is -2.52. The SMILES string of the molecule is CN(CC(=O)N1CCC[C@@](O)(CCC(N)=O)C1)Cc1cccnc1. The Kier molecular flexibility index (Phi) is 6.28. The van der Waals surface area contributed by atoms with Crippen molar-refractivity contribution in [1.29, 1.82) is 0 Å². The molecule has 0 radical (unpaired) electrons. The molecular weight excluding hydrogens is 308 g/mol. The normalized spacial score (nSPS) is 21.0. The smallest absolute Gasteiger partial charge is 0.236 e. The lowest BCUT2D eigenvalue weighted by molar-refractivity contribution is -0.140. The Bertz CT molecular complexity index is 566. The summed E-state index contributed by atoms with van der Waals surface area (Å²) in [6, 6.07) is 3.84. The second-order valence-corrected chi connectivity index (χ2v) is 6.64. The summed E-state index contributed by atoms with van der Waals surface area (Å²) in [5.74, 6) is -0.443. The first-order valence-electron chi connectivity index (χ1n) is 8.24. The number of β-amino-alcohol motifs (C(OH)–C–C–N with tert-alkyl or cyclic N) is 1. The van der Waals surface area contributed by atoms with E-state index in [0.717, 1.165) is 12.0 Å². The van der Waals surface area contributed by atoms with Crippen molar-refractivity contribution in [3.05, 3.63) is 30.1 Å². The molecule has 0 aromatic carbocycles. The Hall–Kier alpha value is -1.99. The van der Waals surface area contributed by atoms with Crippen LogP contribution < -0.4 is 5.73 Å². The molecule has 0 aliphatic carbocycles. The minimum atomic E-state index is -1.01. The highest BCUT2D eigenvalue weighted by atomic mass is 16.3. The van der Waals surface area contributed by atoms with Crippen LogP contribution in [0.1, 0.15) is 31.2 Å². The van der Waals surface area contributed by atoms with Crippen molar-refractivity contribution in [2.75, 3.05) is 26.7 Å². The number of nitrogens with two attached hydrogens (primary N) is 1. The largest absolute Gasteiger partial charge is 0.388 e. The number of carbonyl (C=O) groups excluding carboxylic acids is 2. The van der Waals surface area contributed by atoms with Gasteiger partial charge in [-0.1, -0.05) is 6.07 Å². The van der Waals surface area contributed by atoms with Gasteiger partial charge in [0.05, 0.1) is 12.1 Å². The van der Waals surface area contributed by atoms with Crippen molar-refractivity contribution in [2.45, 2.75) is 37.8 Å². The highest BCUT2D eigenvalue weighted by Crippen LogP contribution is 2.25. The summed E-state index contributed by atoms with van der Waals surface area (Å²) in [7, 11) is 1.88. The van der Waals surface area contributed by atoms with Crippen LogP contribution in [0.25, 0.3) is 0 Å². The Labute approximate surface area is 142 Å². The van der Waals surface area contributed by atoms with Gasteiger partial charge in [-0.15, -0.1) is 0 Å². The highest BCUT2D eigenvalue weighted by molar-refractivity contribution is 5.78. The predicted molar refractivity (Wildman–Crippen MR) is 89.8 cm³/mol. The van der Waals surface area contributed by atoms with Crippen LogP contribution in [-0.2, 0) is 16.1 Å². The summed E-state index contributed by atoms with van der Waals surface area (Å²) in [6.07, 6.45) is 5.26. The summed E-state index contributed by atoms with van der Waals surface area (Å²) in [5.41, 5.74) is 5.20. The third-order valence-electron chi connectivity index (χ3n) is 4.33. The molecule has 7 nitrogen and oxygen atoms in total. The number of carbonyl (C=O) groups is 2. The fourth-order valence-corrected chi connectivity index (χ4v) is 3.08. The van der Waals surface area contributed by atoms with Gasteiger partial charge in [-0.3, -0.25) is 19.5 Å². The fourth-order valence-electron chi connectivity index (χ4n) is 3.08. The van der Waals surface area contributed by atoms with Crippen LogP contribution in [0.5, 0.6) is 0 Å². The second kappa shape index (κ2) is 8.21. The molecule has 2 heterocycles. The summed E-state index contributed by atoms with van der Waals surface area (Å²) in [5, 5.41) is 10.6. The molecule has 1 aromatic rings. The number of piperidine rings is 1. The van der Waals surface area contributed by atoms with Gasteiger partial charge in [-0.2, -0.15) is 0 Å². The van der Waals surface area contributed by atoms with Gasteiger partial charge < -0.3 is 15.7 Å². The van der Waals surface area contributed by atoms with E-state index in [1.165, 1.54) is 0 Å². The van der Waals surface area contributed by atoms with Crippen molar-refractivity contribution >= 4 is 11.8 Å². The first-order chi connectivity index (χ1) is 11.4. The van der Waals surface area contributed by atoms with E-state index >= 15 is 0 Å². The third kappa shape index (κ3) is 5.58. The third-order valence-corrected chi connectivity index (χ3v) is 4.33.